The molecule has 2 fully saturated rings. The highest BCUT2D eigenvalue weighted by molar-refractivity contribution is 6.76. The van der Waals surface area contributed by atoms with E-state index in [4.69, 9.17) is 9.47 Å². The van der Waals surface area contributed by atoms with Crippen molar-refractivity contribution in [2.24, 2.45) is 0 Å². The molecular formula is C33H44F3N7O3Si. The molecule has 0 unspecified atom stereocenters. The van der Waals surface area contributed by atoms with Crippen molar-refractivity contribution in [1.29, 1.82) is 0 Å². The first-order valence-electron chi connectivity index (χ1n) is 16.0. The number of nitrogens with zero attached hydrogens (tertiary/aromatic N) is 6. The van der Waals surface area contributed by atoms with Gasteiger partial charge in [-0.05, 0) is 45.1 Å². The zero-order valence-electron chi connectivity index (χ0n) is 27.9. The normalized spacial score (nSPS) is 19.3. The van der Waals surface area contributed by atoms with Gasteiger partial charge in [0.25, 0.3) is 12.3 Å². The van der Waals surface area contributed by atoms with Gasteiger partial charge in [-0.2, -0.15) is 0 Å². The fraction of sp³-hybridized carbons (Fsp3) is 0.515. The van der Waals surface area contributed by atoms with Crippen molar-refractivity contribution in [1.82, 2.24) is 19.9 Å². The second kappa shape index (κ2) is 14.6. The standard InChI is InChI=1S/C33H44F3N7O3Si/c1-21-19-43(20-22(2)41(21)3)29-17-26(34)24(27-7-8-37-33(40-27)42-9-11-45-12-10-42)15-28(29)39-32(44)25-18-38-30(16-23(25)31(35)36)46-13-14-47(4,5)6/h7-8,15-18,21-22,31H,9-14,19-20H2,1-6H3,(H,39,44)/t21-,22+. The van der Waals surface area contributed by atoms with Gasteiger partial charge < -0.3 is 24.6 Å². The Labute approximate surface area is 275 Å². The topological polar surface area (TPSA) is 96.0 Å². The number of piperazine rings is 1. The van der Waals surface area contributed by atoms with Crippen LogP contribution in [-0.2, 0) is 4.74 Å². The molecule has 2 aromatic heterocycles. The first-order chi connectivity index (χ1) is 22.3. The van der Waals surface area contributed by atoms with E-state index in [9.17, 15) is 13.6 Å². The number of alkyl halides is 2. The number of nitrogens with one attached hydrogen (secondary N) is 1. The molecule has 2 saturated heterocycles. The molecule has 254 valence electrons. The molecule has 0 bridgehead atoms. The van der Waals surface area contributed by atoms with Gasteiger partial charge in [-0.1, -0.05) is 19.6 Å². The third kappa shape index (κ3) is 8.40. The van der Waals surface area contributed by atoms with Gasteiger partial charge in [-0.3, -0.25) is 9.69 Å². The molecule has 2 atom stereocenters. The minimum absolute atomic E-state index is 0.0418. The van der Waals surface area contributed by atoms with Gasteiger partial charge in [0.1, 0.15) is 5.82 Å². The largest absolute Gasteiger partial charge is 0.478 e. The molecule has 2 aliphatic rings. The Kier molecular flexibility index (Phi) is 10.7. The maximum Gasteiger partial charge on any atom is 0.264 e. The summed E-state index contributed by atoms with van der Waals surface area (Å²) in [5.41, 5.74) is 0.429. The van der Waals surface area contributed by atoms with Crippen molar-refractivity contribution in [2.45, 2.75) is 58.0 Å². The number of benzene rings is 1. The number of pyridine rings is 1. The lowest BCUT2D eigenvalue weighted by atomic mass is 10.0. The van der Waals surface area contributed by atoms with Crippen LogP contribution in [0.25, 0.3) is 11.3 Å². The highest BCUT2D eigenvalue weighted by Crippen LogP contribution is 2.37. The van der Waals surface area contributed by atoms with Crippen molar-refractivity contribution in [2.75, 3.05) is 68.2 Å². The summed E-state index contributed by atoms with van der Waals surface area (Å²) in [6.07, 6.45) is -0.263. The van der Waals surface area contributed by atoms with E-state index < -0.39 is 31.8 Å². The minimum Gasteiger partial charge on any atom is -0.478 e. The number of ether oxygens (including phenoxy) is 2. The molecule has 2 aliphatic heterocycles. The van der Waals surface area contributed by atoms with Crippen LogP contribution in [0.2, 0.25) is 25.7 Å². The summed E-state index contributed by atoms with van der Waals surface area (Å²) in [5, 5.41) is 2.82. The third-order valence-corrected chi connectivity index (χ3v) is 10.4. The van der Waals surface area contributed by atoms with Crippen LogP contribution in [0, 0.1) is 5.82 Å². The summed E-state index contributed by atoms with van der Waals surface area (Å²) in [6, 6.07) is 6.75. The Morgan fingerprint density at radius 2 is 1.79 bits per heavy atom. The van der Waals surface area contributed by atoms with E-state index in [2.05, 4.69) is 58.7 Å². The number of hydrogen-bond acceptors (Lipinski definition) is 9. The van der Waals surface area contributed by atoms with E-state index in [1.807, 2.05) is 16.8 Å². The first-order valence-corrected chi connectivity index (χ1v) is 19.7. The number of rotatable bonds is 10. The molecule has 14 heteroatoms. The van der Waals surface area contributed by atoms with Gasteiger partial charge in [0.15, 0.2) is 0 Å². The highest BCUT2D eigenvalue weighted by atomic mass is 28.3. The fourth-order valence-corrected chi connectivity index (χ4v) is 6.40. The Morgan fingerprint density at radius 3 is 2.45 bits per heavy atom. The number of morpholine rings is 1. The zero-order valence-corrected chi connectivity index (χ0v) is 28.9. The summed E-state index contributed by atoms with van der Waals surface area (Å²) < 4.78 is 55.7. The van der Waals surface area contributed by atoms with Crippen molar-refractivity contribution in [3.05, 3.63) is 53.6 Å². The van der Waals surface area contributed by atoms with Crippen LogP contribution in [-0.4, -0.2) is 99.0 Å². The number of likely N-dealkylation sites (N-methyl/N-ethyl adjacent to an activating group) is 1. The first kappa shape index (κ1) is 34.6. The maximum atomic E-state index is 16.0. The molecule has 4 heterocycles. The zero-order chi connectivity index (χ0) is 33.9. The molecular weight excluding hydrogens is 627 g/mol. The molecule has 1 aromatic carbocycles. The molecule has 10 nitrogen and oxygen atoms in total. The maximum absolute atomic E-state index is 16.0. The van der Waals surface area contributed by atoms with Gasteiger partial charge >= 0.3 is 0 Å². The molecule has 0 radical (unpaired) electrons. The summed E-state index contributed by atoms with van der Waals surface area (Å²) >= 11 is 0. The Hall–Kier alpha value is -3.75. The number of carbonyl (C=O) groups excluding carboxylic acids is 1. The number of aromatic nitrogens is 3. The van der Waals surface area contributed by atoms with Crippen molar-refractivity contribution in [3.63, 3.8) is 0 Å². The number of carbonyl (C=O) groups is 1. The minimum atomic E-state index is -2.94. The van der Waals surface area contributed by atoms with E-state index in [0.717, 1.165) is 18.3 Å². The predicted molar refractivity (Wildman–Crippen MR) is 180 cm³/mol. The van der Waals surface area contributed by atoms with Crippen LogP contribution >= 0.6 is 0 Å². The van der Waals surface area contributed by atoms with Crippen molar-refractivity contribution in [3.8, 4) is 17.1 Å². The SMILES string of the molecule is C[C@@H]1CN(c2cc(F)c(-c3ccnc(N4CCOCC4)n3)cc2NC(=O)c2cnc(OCC[Si](C)(C)C)cc2C(F)F)C[C@H](C)N1C. The second-order valence-electron chi connectivity index (χ2n) is 13.5. The Morgan fingerprint density at radius 1 is 1.09 bits per heavy atom. The van der Waals surface area contributed by atoms with Crippen molar-refractivity contribution >= 4 is 31.3 Å². The summed E-state index contributed by atoms with van der Waals surface area (Å²) in [4.78, 5) is 33.1. The summed E-state index contributed by atoms with van der Waals surface area (Å²) in [6.45, 7) is 14.5. The van der Waals surface area contributed by atoms with Crippen molar-refractivity contribution < 1.29 is 27.4 Å². The van der Waals surface area contributed by atoms with Crippen LogP contribution in [0.4, 0.5) is 30.5 Å². The molecule has 5 rings (SSSR count). The average Bonchev–Trinajstić information content (AvgIpc) is 3.03. The molecule has 0 saturated carbocycles. The van der Waals surface area contributed by atoms with E-state index in [-0.39, 0.29) is 34.8 Å². The quantitative estimate of drug-likeness (QED) is 0.263. The molecule has 1 N–H and O–H groups in total. The number of anilines is 3. The lowest BCUT2D eigenvalue weighted by Gasteiger charge is -2.44. The van der Waals surface area contributed by atoms with Crippen LogP contribution < -0.4 is 19.9 Å². The van der Waals surface area contributed by atoms with Crippen LogP contribution in [0.1, 0.15) is 36.2 Å². The molecule has 1 amide bonds. The van der Waals surface area contributed by atoms with Gasteiger partial charge in [0, 0.05) is 75.9 Å². The van der Waals surface area contributed by atoms with Crippen LogP contribution in [0.3, 0.4) is 0 Å². The van der Waals surface area contributed by atoms with E-state index in [0.29, 0.717) is 63.3 Å². The molecule has 0 spiro atoms. The number of hydrogen-bond donors (Lipinski definition) is 1. The molecule has 0 aliphatic carbocycles. The van der Waals surface area contributed by atoms with Gasteiger partial charge in [-0.15, -0.1) is 0 Å². The lowest BCUT2D eigenvalue weighted by Crippen LogP contribution is -2.55. The van der Waals surface area contributed by atoms with Gasteiger partial charge in [0.05, 0.1) is 42.5 Å². The smallest absolute Gasteiger partial charge is 0.264 e. The van der Waals surface area contributed by atoms with Gasteiger partial charge in [-0.25, -0.2) is 28.1 Å². The number of halogens is 3. The molecule has 47 heavy (non-hydrogen) atoms. The number of amides is 1. The molecule has 3 aromatic rings. The second-order valence-corrected chi connectivity index (χ2v) is 19.1. The van der Waals surface area contributed by atoms with Gasteiger partial charge in [0.2, 0.25) is 11.8 Å². The third-order valence-electron chi connectivity index (χ3n) is 8.74. The Balaban J connectivity index is 1.50. The average molecular weight is 672 g/mol. The predicted octanol–water partition coefficient (Wildman–Crippen LogP) is 5.95. The monoisotopic (exact) mass is 671 g/mol. The summed E-state index contributed by atoms with van der Waals surface area (Å²) in [5.74, 6) is -0.827. The highest BCUT2D eigenvalue weighted by Gasteiger charge is 2.30. The van der Waals surface area contributed by atoms with Crippen LogP contribution in [0.5, 0.6) is 5.88 Å². The van der Waals surface area contributed by atoms with E-state index in [1.54, 1.807) is 12.3 Å². The fourth-order valence-electron chi connectivity index (χ4n) is 5.69. The van der Waals surface area contributed by atoms with E-state index >= 15 is 4.39 Å². The summed E-state index contributed by atoms with van der Waals surface area (Å²) in [7, 11) is 0.629. The van der Waals surface area contributed by atoms with E-state index in [1.165, 1.54) is 12.1 Å². The lowest BCUT2D eigenvalue weighted by molar-refractivity contribution is 0.101. The Bertz CT molecular complexity index is 1560. The van der Waals surface area contributed by atoms with Crippen LogP contribution in [0.15, 0.2) is 36.7 Å².